The summed E-state index contributed by atoms with van der Waals surface area (Å²) < 4.78 is 18.0. The zero-order valence-corrected chi connectivity index (χ0v) is 9.36. The fraction of sp³-hybridized carbons (Fsp3) is 0.417. The van der Waals surface area contributed by atoms with Crippen LogP contribution in [0.25, 0.3) is 0 Å². The molecule has 1 aliphatic rings. The van der Waals surface area contributed by atoms with Crippen molar-refractivity contribution in [2.45, 2.75) is 31.4 Å². The highest BCUT2D eigenvalue weighted by Crippen LogP contribution is 2.21. The summed E-state index contributed by atoms with van der Waals surface area (Å²) in [6.07, 6.45) is 1.82. The second-order valence-electron chi connectivity index (χ2n) is 4.17. The van der Waals surface area contributed by atoms with Crippen LogP contribution in [0.5, 0.6) is 0 Å². The fourth-order valence-electron chi connectivity index (χ4n) is 1.95. The summed E-state index contributed by atoms with van der Waals surface area (Å²) in [5.41, 5.74) is 6.16. The third-order valence-corrected chi connectivity index (χ3v) is 2.83. The highest BCUT2D eigenvalue weighted by Gasteiger charge is 2.27. The number of ether oxygens (including phenoxy) is 1. The van der Waals surface area contributed by atoms with Crippen LogP contribution in [-0.4, -0.2) is 18.2 Å². The molecule has 92 valence electrons. The topological polar surface area (TPSA) is 64.3 Å². The van der Waals surface area contributed by atoms with Crippen LogP contribution in [0.1, 0.15) is 19.3 Å². The van der Waals surface area contributed by atoms with Gasteiger partial charge in [0, 0.05) is 11.7 Å². The standard InChI is InChI=1S/C12H15FN2O2/c13-8-3-1-4-9(7-8)15-12(16)17-11-6-2-5-10(11)14/h1,3-4,7,10-11H,2,5-6,14H2,(H,15,16). The molecule has 1 amide bonds. The van der Waals surface area contributed by atoms with Crippen LogP contribution in [0.15, 0.2) is 24.3 Å². The number of nitrogens with two attached hydrogens (primary N) is 1. The van der Waals surface area contributed by atoms with Gasteiger partial charge in [-0.25, -0.2) is 9.18 Å². The summed E-state index contributed by atoms with van der Waals surface area (Å²) in [4.78, 5) is 11.5. The maximum atomic E-state index is 12.9. The van der Waals surface area contributed by atoms with E-state index in [1.54, 1.807) is 6.07 Å². The molecule has 4 nitrogen and oxygen atoms in total. The van der Waals surface area contributed by atoms with E-state index < -0.39 is 11.9 Å². The van der Waals surface area contributed by atoms with Gasteiger partial charge in [0.05, 0.1) is 0 Å². The van der Waals surface area contributed by atoms with Crippen LogP contribution in [0.2, 0.25) is 0 Å². The van der Waals surface area contributed by atoms with Crippen LogP contribution >= 0.6 is 0 Å². The van der Waals surface area contributed by atoms with Gasteiger partial charge in [-0.3, -0.25) is 5.32 Å². The first-order valence-corrected chi connectivity index (χ1v) is 5.64. The Morgan fingerprint density at radius 2 is 2.29 bits per heavy atom. The molecule has 2 atom stereocenters. The number of hydrogen-bond donors (Lipinski definition) is 2. The van der Waals surface area contributed by atoms with Gasteiger partial charge in [0.1, 0.15) is 11.9 Å². The Balaban J connectivity index is 1.89. The molecule has 1 aliphatic carbocycles. The number of amides is 1. The van der Waals surface area contributed by atoms with Gasteiger partial charge in [0.2, 0.25) is 0 Å². The Labute approximate surface area is 98.9 Å². The van der Waals surface area contributed by atoms with Crippen LogP contribution in [0, 0.1) is 5.82 Å². The SMILES string of the molecule is NC1CCCC1OC(=O)Nc1cccc(F)c1. The van der Waals surface area contributed by atoms with Crippen molar-refractivity contribution in [3.63, 3.8) is 0 Å². The molecule has 1 aromatic carbocycles. The quantitative estimate of drug-likeness (QED) is 0.830. The zero-order chi connectivity index (χ0) is 12.3. The molecule has 1 aromatic rings. The number of benzene rings is 1. The molecule has 2 rings (SSSR count). The summed E-state index contributed by atoms with van der Waals surface area (Å²) in [5, 5.41) is 2.47. The normalized spacial score (nSPS) is 23.4. The van der Waals surface area contributed by atoms with Gasteiger partial charge in [-0.2, -0.15) is 0 Å². The lowest BCUT2D eigenvalue weighted by molar-refractivity contribution is 0.105. The Morgan fingerprint density at radius 3 is 2.94 bits per heavy atom. The van der Waals surface area contributed by atoms with Crippen molar-refractivity contribution in [2.24, 2.45) is 5.73 Å². The fourth-order valence-corrected chi connectivity index (χ4v) is 1.95. The van der Waals surface area contributed by atoms with Crippen molar-refractivity contribution in [3.8, 4) is 0 Å². The number of halogens is 1. The lowest BCUT2D eigenvalue weighted by atomic mass is 10.2. The number of carbonyl (C=O) groups excluding carboxylic acids is 1. The summed E-state index contributed by atoms with van der Waals surface area (Å²) in [6.45, 7) is 0. The molecule has 0 aromatic heterocycles. The first-order valence-electron chi connectivity index (χ1n) is 5.64. The van der Waals surface area contributed by atoms with Crippen LogP contribution < -0.4 is 11.1 Å². The Morgan fingerprint density at radius 1 is 1.47 bits per heavy atom. The van der Waals surface area contributed by atoms with Gasteiger partial charge in [-0.05, 0) is 37.5 Å². The molecule has 0 spiro atoms. The molecule has 1 saturated carbocycles. The van der Waals surface area contributed by atoms with Crippen molar-refractivity contribution >= 4 is 11.8 Å². The molecule has 2 unspecified atom stereocenters. The van der Waals surface area contributed by atoms with Crippen molar-refractivity contribution in [1.29, 1.82) is 0 Å². The largest absolute Gasteiger partial charge is 0.444 e. The van der Waals surface area contributed by atoms with E-state index in [1.165, 1.54) is 18.2 Å². The highest BCUT2D eigenvalue weighted by atomic mass is 19.1. The van der Waals surface area contributed by atoms with E-state index in [2.05, 4.69) is 5.32 Å². The lowest BCUT2D eigenvalue weighted by Crippen LogP contribution is -2.34. The number of nitrogens with one attached hydrogen (secondary N) is 1. The average Bonchev–Trinajstić information content (AvgIpc) is 2.64. The first-order chi connectivity index (χ1) is 8.15. The molecule has 17 heavy (non-hydrogen) atoms. The summed E-state index contributed by atoms with van der Waals surface area (Å²) in [6, 6.07) is 5.57. The summed E-state index contributed by atoms with van der Waals surface area (Å²) in [7, 11) is 0. The van der Waals surface area contributed by atoms with Crippen LogP contribution in [0.4, 0.5) is 14.9 Å². The predicted octanol–water partition coefficient (Wildman–Crippen LogP) is 2.25. The Hall–Kier alpha value is -1.62. The summed E-state index contributed by atoms with van der Waals surface area (Å²) >= 11 is 0. The smallest absolute Gasteiger partial charge is 0.411 e. The summed E-state index contributed by atoms with van der Waals surface area (Å²) in [5.74, 6) is -0.402. The minimum atomic E-state index is -0.585. The van der Waals surface area contributed by atoms with Crippen LogP contribution in [-0.2, 0) is 4.74 Å². The van der Waals surface area contributed by atoms with Gasteiger partial charge in [0.25, 0.3) is 0 Å². The monoisotopic (exact) mass is 238 g/mol. The van der Waals surface area contributed by atoms with Gasteiger partial charge in [-0.15, -0.1) is 0 Å². The molecule has 0 bridgehead atoms. The number of hydrogen-bond acceptors (Lipinski definition) is 3. The molecule has 0 heterocycles. The average molecular weight is 238 g/mol. The lowest BCUT2D eigenvalue weighted by Gasteiger charge is -2.16. The van der Waals surface area contributed by atoms with Crippen molar-refractivity contribution in [1.82, 2.24) is 0 Å². The zero-order valence-electron chi connectivity index (χ0n) is 9.36. The molecule has 3 N–H and O–H groups in total. The second kappa shape index (κ2) is 5.14. The minimum absolute atomic E-state index is 0.0896. The maximum absolute atomic E-state index is 12.9. The van der Waals surface area contributed by atoms with E-state index >= 15 is 0 Å². The molecular formula is C12H15FN2O2. The Bertz CT molecular complexity index is 411. The number of rotatable bonds is 2. The van der Waals surface area contributed by atoms with E-state index in [0.717, 1.165) is 19.3 Å². The van der Waals surface area contributed by atoms with Gasteiger partial charge < -0.3 is 10.5 Å². The van der Waals surface area contributed by atoms with E-state index in [-0.39, 0.29) is 12.1 Å². The van der Waals surface area contributed by atoms with E-state index in [9.17, 15) is 9.18 Å². The van der Waals surface area contributed by atoms with Gasteiger partial charge >= 0.3 is 6.09 Å². The van der Waals surface area contributed by atoms with Gasteiger partial charge in [-0.1, -0.05) is 6.07 Å². The molecule has 5 heteroatoms. The third kappa shape index (κ3) is 3.17. The van der Waals surface area contributed by atoms with E-state index in [4.69, 9.17) is 10.5 Å². The van der Waals surface area contributed by atoms with Crippen molar-refractivity contribution in [3.05, 3.63) is 30.1 Å². The number of anilines is 1. The van der Waals surface area contributed by atoms with E-state index in [0.29, 0.717) is 5.69 Å². The highest BCUT2D eigenvalue weighted by molar-refractivity contribution is 5.84. The predicted molar refractivity (Wildman–Crippen MR) is 62.1 cm³/mol. The molecule has 0 radical (unpaired) electrons. The van der Waals surface area contributed by atoms with Crippen molar-refractivity contribution < 1.29 is 13.9 Å². The molecular weight excluding hydrogens is 223 g/mol. The van der Waals surface area contributed by atoms with E-state index in [1.807, 2.05) is 0 Å². The van der Waals surface area contributed by atoms with Gasteiger partial charge in [0.15, 0.2) is 0 Å². The second-order valence-corrected chi connectivity index (χ2v) is 4.17. The molecule has 0 aliphatic heterocycles. The maximum Gasteiger partial charge on any atom is 0.411 e. The molecule has 1 fully saturated rings. The minimum Gasteiger partial charge on any atom is -0.444 e. The third-order valence-electron chi connectivity index (χ3n) is 2.83. The first kappa shape index (κ1) is 11.9. The van der Waals surface area contributed by atoms with Crippen LogP contribution in [0.3, 0.4) is 0 Å². The molecule has 0 saturated heterocycles. The van der Waals surface area contributed by atoms with Crippen molar-refractivity contribution in [2.75, 3.05) is 5.32 Å². The Kier molecular flexibility index (Phi) is 3.58. The number of carbonyl (C=O) groups is 1.